The molecule has 1 aliphatic heterocycles. The zero-order valence-corrected chi connectivity index (χ0v) is 12.2. The van der Waals surface area contributed by atoms with Gasteiger partial charge in [-0.1, -0.05) is 30.3 Å². The lowest BCUT2D eigenvalue weighted by Crippen LogP contribution is -2.26. The lowest BCUT2D eigenvalue weighted by molar-refractivity contribution is -0.116. The summed E-state index contributed by atoms with van der Waals surface area (Å²) >= 11 is 0. The number of benzene rings is 1. The monoisotopic (exact) mass is 295 g/mol. The molecule has 1 aliphatic carbocycles. The maximum Gasteiger partial charge on any atom is 0.244 e. The molecule has 0 spiro atoms. The summed E-state index contributed by atoms with van der Waals surface area (Å²) in [6.07, 6.45) is 2.52. The Morgan fingerprint density at radius 1 is 1.23 bits per heavy atom. The van der Waals surface area contributed by atoms with Crippen molar-refractivity contribution in [3.63, 3.8) is 0 Å². The number of nitrogens with zero attached hydrogens (tertiary/aromatic N) is 3. The zero-order chi connectivity index (χ0) is 14.9. The zero-order valence-electron chi connectivity index (χ0n) is 12.2. The number of Topliss-reactive ketones (excluding diaryl/α,β-unsaturated/α-hetero) is 1. The maximum atomic E-state index is 12.0. The summed E-state index contributed by atoms with van der Waals surface area (Å²) in [6, 6.07) is 10.1. The Hall–Kier alpha value is -2.63. The maximum absolute atomic E-state index is 12.0. The molecule has 2 aromatic rings. The predicted octanol–water partition coefficient (Wildman–Crippen LogP) is 2.32. The Balaban J connectivity index is 1.50. The molecule has 0 atom stereocenters. The summed E-state index contributed by atoms with van der Waals surface area (Å²) in [7, 11) is 0. The van der Waals surface area contributed by atoms with E-state index in [1.165, 1.54) is 5.56 Å². The van der Waals surface area contributed by atoms with Gasteiger partial charge in [-0.25, -0.2) is 4.68 Å². The van der Waals surface area contributed by atoms with E-state index in [1.54, 1.807) is 0 Å². The van der Waals surface area contributed by atoms with Crippen LogP contribution >= 0.6 is 0 Å². The first-order valence-corrected chi connectivity index (χ1v) is 7.54. The van der Waals surface area contributed by atoms with Crippen LogP contribution in [0.2, 0.25) is 0 Å². The molecular weight excluding hydrogens is 278 g/mol. The first kappa shape index (κ1) is 13.1. The lowest BCUT2D eigenvalue weighted by Gasteiger charge is -2.24. The molecule has 2 aliphatic rings. The third-order valence-electron chi connectivity index (χ3n) is 4.06. The Labute approximate surface area is 128 Å². The van der Waals surface area contributed by atoms with Gasteiger partial charge in [-0.05, 0) is 24.0 Å². The van der Waals surface area contributed by atoms with Gasteiger partial charge < -0.3 is 10.6 Å². The summed E-state index contributed by atoms with van der Waals surface area (Å²) in [5.41, 5.74) is 3.06. The second-order valence-corrected chi connectivity index (χ2v) is 5.64. The van der Waals surface area contributed by atoms with Crippen molar-refractivity contribution in [3.8, 4) is 0 Å². The molecule has 0 radical (unpaired) electrons. The van der Waals surface area contributed by atoms with Crippen LogP contribution in [0, 0.1) is 0 Å². The minimum absolute atomic E-state index is 0.189. The average Bonchev–Trinajstić information content (AvgIpc) is 2.94. The van der Waals surface area contributed by atoms with Gasteiger partial charge in [0.05, 0.1) is 12.2 Å². The Kier molecular flexibility index (Phi) is 3.14. The fourth-order valence-corrected chi connectivity index (χ4v) is 2.91. The molecule has 4 rings (SSSR count). The fraction of sp³-hybridized carbons (Fsp3) is 0.312. The minimum Gasteiger partial charge on any atom is -0.349 e. The summed E-state index contributed by atoms with van der Waals surface area (Å²) in [4.78, 5) is 16.4. The van der Waals surface area contributed by atoms with Crippen molar-refractivity contribution < 1.29 is 4.79 Å². The van der Waals surface area contributed by atoms with E-state index in [-0.39, 0.29) is 5.78 Å². The second-order valence-electron chi connectivity index (χ2n) is 5.64. The van der Waals surface area contributed by atoms with Crippen molar-refractivity contribution in [2.24, 2.45) is 0 Å². The van der Waals surface area contributed by atoms with Gasteiger partial charge in [0.2, 0.25) is 11.9 Å². The second kappa shape index (κ2) is 5.29. The Bertz CT molecular complexity index is 747. The van der Waals surface area contributed by atoms with Crippen LogP contribution in [0.4, 0.5) is 11.9 Å². The number of anilines is 2. The van der Waals surface area contributed by atoms with Crippen molar-refractivity contribution >= 4 is 17.7 Å². The van der Waals surface area contributed by atoms with E-state index in [1.807, 2.05) is 22.9 Å². The van der Waals surface area contributed by atoms with Crippen molar-refractivity contribution in [1.82, 2.24) is 14.8 Å². The van der Waals surface area contributed by atoms with Crippen molar-refractivity contribution in [3.05, 3.63) is 47.2 Å². The minimum atomic E-state index is 0.189. The summed E-state index contributed by atoms with van der Waals surface area (Å²) < 4.78 is 1.82. The van der Waals surface area contributed by atoms with Crippen LogP contribution < -0.4 is 10.6 Å². The third kappa shape index (κ3) is 2.36. The van der Waals surface area contributed by atoms with E-state index in [9.17, 15) is 4.79 Å². The number of nitrogens with one attached hydrogen (secondary N) is 2. The Morgan fingerprint density at radius 2 is 2.09 bits per heavy atom. The summed E-state index contributed by atoms with van der Waals surface area (Å²) in [6.45, 7) is 1.33. The Morgan fingerprint density at radius 3 is 2.95 bits per heavy atom. The topological polar surface area (TPSA) is 71.8 Å². The van der Waals surface area contributed by atoms with Crippen LogP contribution in [-0.2, 0) is 17.9 Å². The largest absolute Gasteiger partial charge is 0.349 e. The molecule has 0 saturated heterocycles. The number of carbonyl (C=O) groups is 1. The normalized spacial score (nSPS) is 16.8. The molecule has 0 amide bonds. The van der Waals surface area contributed by atoms with Crippen molar-refractivity contribution in [1.29, 1.82) is 0 Å². The van der Waals surface area contributed by atoms with E-state index in [0.717, 1.165) is 24.1 Å². The number of rotatable bonds is 3. The highest BCUT2D eigenvalue weighted by Crippen LogP contribution is 2.29. The molecule has 1 aromatic carbocycles. The third-order valence-corrected chi connectivity index (χ3v) is 4.06. The van der Waals surface area contributed by atoms with E-state index in [2.05, 4.69) is 32.8 Å². The molecule has 2 heterocycles. The quantitative estimate of drug-likeness (QED) is 0.909. The highest BCUT2D eigenvalue weighted by atomic mass is 16.1. The van der Waals surface area contributed by atoms with Crippen LogP contribution in [0.1, 0.15) is 24.8 Å². The van der Waals surface area contributed by atoms with Gasteiger partial charge in [0.1, 0.15) is 0 Å². The smallest absolute Gasteiger partial charge is 0.244 e. The van der Waals surface area contributed by atoms with Gasteiger partial charge in [-0.2, -0.15) is 4.98 Å². The van der Waals surface area contributed by atoms with Crippen LogP contribution in [0.25, 0.3) is 0 Å². The number of aromatic nitrogens is 3. The number of allylic oxidation sites excluding steroid dienone is 2. The molecule has 6 nitrogen and oxygen atoms in total. The van der Waals surface area contributed by atoms with E-state index >= 15 is 0 Å². The fourth-order valence-electron chi connectivity index (χ4n) is 2.91. The number of hydrogen-bond acceptors (Lipinski definition) is 5. The van der Waals surface area contributed by atoms with Gasteiger partial charge in [0.25, 0.3) is 0 Å². The van der Waals surface area contributed by atoms with Gasteiger partial charge >= 0.3 is 0 Å². The molecule has 1 aromatic heterocycles. The van der Waals surface area contributed by atoms with E-state index in [0.29, 0.717) is 31.4 Å². The molecule has 112 valence electrons. The average molecular weight is 295 g/mol. The number of ketones is 1. The molecule has 22 heavy (non-hydrogen) atoms. The highest BCUT2D eigenvalue weighted by Gasteiger charge is 2.27. The standard InChI is InChI=1S/C16H17N5O/c22-13-8-4-7-12-10-21-16(18-14(12)13)19-15(20-21)17-9-11-5-2-1-3-6-11/h1-3,5-6H,4,7-10H2,(H2,17,18,19,20). The van der Waals surface area contributed by atoms with Gasteiger partial charge in [-0.3, -0.25) is 4.79 Å². The van der Waals surface area contributed by atoms with Crippen molar-refractivity contribution in [2.75, 3.05) is 10.6 Å². The first-order chi connectivity index (χ1) is 10.8. The first-order valence-electron chi connectivity index (χ1n) is 7.54. The number of fused-ring (bicyclic) bond motifs is 1. The van der Waals surface area contributed by atoms with E-state index < -0.39 is 0 Å². The molecule has 0 bridgehead atoms. The molecule has 0 fully saturated rings. The predicted molar refractivity (Wildman–Crippen MR) is 83.3 cm³/mol. The molecule has 0 unspecified atom stereocenters. The van der Waals surface area contributed by atoms with Crippen molar-refractivity contribution in [2.45, 2.75) is 32.4 Å². The summed E-state index contributed by atoms with van der Waals surface area (Å²) in [5, 5.41) is 10.8. The van der Waals surface area contributed by atoms with Gasteiger partial charge in [-0.15, -0.1) is 5.10 Å². The molecule has 6 heteroatoms. The van der Waals surface area contributed by atoms with Crippen LogP contribution in [0.15, 0.2) is 41.6 Å². The van der Waals surface area contributed by atoms with E-state index in [4.69, 9.17) is 0 Å². The molecule has 2 N–H and O–H groups in total. The van der Waals surface area contributed by atoms with Gasteiger partial charge in [0.15, 0.2) is 5.78 Å². The number of hydrogen-bond donors (Lipinski definition) is 2. The lowest BCUT2D eigenvalue weighted by atomic mass is 9.94. The van der Waals surface area contributed by atoms with Crippen LogP contribution in [0.3, 0.4) is 0 Å². The SMILES string of the molecule is O=C1CCCC2=C1Nc1nc(NCc3ccccc3)nn1C2. The van der Waals surface area contributed by atoms with Crippen LogP contribution in [-0.4, -0.2) is 20.5 Å². The molecular formula is C16H17N5O. The van der Waals surface area contributed by atoms with Crippen LogP contribution in [0.5, 0.6) is 0 Å². The highest BCUT2D eigenvalue weighted by molar-refractivity contribution is 5.99. The number of carbonyl (C=O) groups excluding carboxylic acids is 1. The summed E-state index contributed by atoms with van der Waals surface area (Å²) in [5.74, 6) is 1.41. The molecule has 0 saturated carbocycles. The van der Waals surface area contributed by atoms with Gasteiger partial charge in [0, 0.05) is 13.0 Å².